The monoisotopic (exact) mass is 403 g/mol. The van der Waals surface area contributed by atoms with Gasteiger partial charge in [-0.05, 0) is 31.5 Å². The largest absolute Gasteiger partial charge is 0.490 e. The van der Waals surface area contributed by atoms with Crippen LogP contribution in [-0.2, 0) is 22.7 Å². The van der Waals surface area contributed by atoms with Crippen LogP contribution in [0.4, 0.5) is 5.82 Å². The lowest BCUT2D eigenvalue weighted by Crippen LogP contribution is -2.35. The van der Waals surface area contributed by atoms with E-state index in [1.165, 1.54) is 4.90 Å². The summed E-state index contributed by atoms with van der Waals surface area (Å²) in [5.74, 6) is 1.32. The topological polar surface area (TPSA) is 112 Å². The van der Waals surface area contributed by atoms with Gasteiger partial charge in [0, 0.05) is 45.9 Å². The Kier molecular flexibility index (Phi) is 7.88. The number of hydrogen-bond acceptors (Lipinski definition) is 6. The van der Waals surface area contributed by atoms with Crippen LogP contribution < -0.4 is 20.5 Å². The number of carbonyl (C=O) groups excluding carboxylic acids is 2. The summed E-state index contributed by atoms with van der Waals surface area (Å²) in [5, 5.41) is 7.57. The molecular weight excluding hydrogens is 374 g/mol. The fraction of sp³-hybridized carbons (Fsp3) is 0.450. The van der Waals surface area contributed by atoms with E-state index in [9.17, 15) is 9.59 Å². The Morgan fingerprint density at radius 3 is 2.69 bits per heavy atom. The van der Waals surface area contributed by atoms with E-state index in [2.05, 4.69) is 10.4 Å². The van der Waals surface area contributed by atoms with Crippen molar-refractivity contribution in [2.24, 2.45) is 5.73 Å². The first-order valence-electron chi connectivity index (χ1n) is 9.49. The highest BCUT2D eigenvalue weighted by atomic mass is 16.5. The highest BCUT2D eigenvalue weighted by Gasteiger charge is 2.18. The normalized spacial score (nSPS) is 11.6. The first-order chi connectivity index (χ1) is 13.8. The highest BCUT2D eigenvalue weighted by Crippen LogP contribution is 2.30. The second-order valence-electron chi connectivity index (χ2n) is 6.74. The molecule has 0 aliphatic heterocycles. The molecule has 1 aromatic carbocycles. The van der Waals surface area contributed by atoms with Gasteiger partial charge >= 0.3 is 0 Å². The van der Waals surface area contributed by atoms with Crippen molar-refractivity contribution < 1.29 is 19.1 Å². The van der Waals surface area contributed by atoms with E-state index in [0.29, 0.717) is 37.0 Å². The van der Waals surface area contributed by atoms with Crippen molar-refractivity contribution in [3.05, 3.63) is 36.0 Å². The number of primary amides is 1. The van der Waals surface area contributed by atoms with Gasteiger partial charge in [0.1, 0.15) is 5.82 Å². The first-order valence-corrected chi connectivity index (χ1v) is 9.49. The van der Waals surface area contributed by atoms with E-state index in [-0.39, 0.29) is 18.2 Å². The van der Waals surface area contributed by atoms with E-state index in [0.717, 1.165) is 5.56 Å². The van der Waals surface area contributed by atoms with E-state index >= 15 is 0 Å². The summed E-state index contributed by atoms with van der Waals surface area (Å²) in [6.45, 7) is 5.05. The fourth-order valence-electron chi connectivity index (χ4n) is 2.63. The number of aromatic nitrogens is 2. The summed E-state index contributed by atoms with van der Waals surface area (Å²) in [4.78, 5) is 24.4. The predicted octanol–water partition coefficient (Wildman–Crippen LogP) is 1.62. The Balaban J connectivity index is 2.02. The van der Waals surface area contributed by atoms with Crippen molar-refractivity contribution in [1.29, 1.82) is 0 Å². The number of likely N-dealkylation sites (N-methyl/N-ethyl adjacent to an activating group) is 1. The van der Waals surface area contributed by atoms with Crippen LogP contribution in [0.3, 0.4) is 0 Å². The third-order valence-electron chi connectivity index (χ3n) is 4.10. The smallest absolute Gasteiger partial charge is 0.262 e. The standard InChI is InChI=1S/C20H29N5O4/c1-5-28-17-12-15(6-7-16(17)29-14(2)20(27)24(3)4)13-22-19-9-11-25(23-19)10-8-18(21)26/h6-7,9,11-12,14H,5,8,10,13H2,1-4H3,(H2,21,26)(H,22,23)/t14-/m1/s1. The van der Waals surface area contributed by atoms with Gasteiger partial charge in [-0.1, -0.05) is 6.07 Å². The molecule has 0 unspecified atom stereocenters. The molecule has 0 saturated carbocycles. The Hall–Kier alpha value is -3.23. The van der Waals surface area contributed by atoms with Crippen LogP contribution in [-0.4, -0.2) is 53.3 Å². The van der Waals surface area contributed by atoms with Gasteiger partial charge in [-0.15, -0.1) is 0 Å². The Morgan fingerprint density at radius 1 is 1.28 bits per heavy atom. The van der Waals surface area contributed by atoms with Crippen LogP contribution in [0.5, 0.6) is 11.5 Å². The molecule has 2 rings (SSSR count). The number of nitrogens with two attached hydrogens (primary N) is 1. The molecule has 0 saturated heterocycles. The number of rotatable bonds is 11. The molecule has 0 radical (unpaired) electrons. The molecule has 29 heavy (non-hydrogen) atoms. The minimum absolute atomic E-state index is 0.120. The van der Waals surface area contributed by atoms with Crippen molar-refractivity contribution in [3.63, 3.8) is 0 Å². The molecule has 158 valence electrons. The van der Waals surface area contributed by atoms with Crippen molar-refractivity contribution in [2.45, 2.75) is 39.5 Å². The SMILES string of the molecule is CCOc1cc(CNc2ccn(CCC(N)=O)n2)ccc1O[C@H](C)C(=O)N(C)C. The van der Waals surface area contributed by atoms with Gasteiger partial charge in [-0.2, -0.15) is 5.10 Å². The number of hydrogen-bond donors (Lipinski definition) is 2. The van der Waals surface area contributed by atoms with E-state index in [4.69, 9.17) is 15.2 Å². The number of anilines is 1. The molecule has 9 nitrogen and oxygen atoms in total. The maximum atomic E-state index is 12.0. The third-order valence-corrected chi connectivity index (χ3v) is 4.10. The molecule has 2 amide bonds. The molecule has 1 atom stereocenters. The van der Waals surface area contributed by atoms with Crippen molar-refractivity contribution in [2.75, 3.05) is 26.0 Å². The zero-order valence-corrected chi connectivity index (χ0v) is 17.3. The molecule has 0 fully saturated rings. The van der Waals surface area contributed by atoms with Gasteiger partial charge in [0.15, 0.2) is 17.6 Å². The number of nitrogens with zero attached hydrogens (tertiary/aromatic N) is 3. The summed E-state index contributed by atoms with van der Waals surface area (Å²) in [5.41, 5.74) is 6.13. The number of aryl methyl sites for hydroxylation is 1. The Bertz CT molecular complexity index is 834. The summed E-state index contributed by atoms with van der Waals surface area (Å²) in [6, 6.07) is 7.41. The molecule has 0 spiro atoms. The molecule has 0 aliphatic rings. The molecule has 9 heteroatoms. The second kappa shape index (κ2) is 10.4. The van der Waals surface area contributed by atoms with Gasteiger partial charge in [0.2, 0.25) is 5.91 Å². The molecular formula is C20H29N5O4. The van der Waals surface area contributed by atoms with Gasteiger partial charge < -0.3 is 25.4 Å². The van der Waals surface area contributed by atoms with Crippen LogP contribution in [0.2, 0.25) is 0 Å². The zero-order chi connectivity index (χ0) is 21.4. The highest BCUT2D eigenvalue weighted by molar-refractivity contribution is 5.80. The van der Waals surface area contributed by atoms with Gasteiger partial charge in [0.05, 0.1) is 6.61 Å². The molecule has 0 bridgehead atoms. The van der Waals surface area contributed by atoms with Gasteiger partial charge in [-0.3, -0.25) is 14.3 Å². The average Bonchev–Trinajstić information content (AvgIpc) is 3.13. The fourth-order valence-corrected chi connectivity index (χ4v) is 2.63. The van der Waals surface area contributed by atoms with Crippen molar-refractivity contribution in [3.8, 4) is 11.5 Å². The van der Waals surface area contributed by atoms with Gasteiger partial charge in [-0.25, -0.2) is 0 Å². The zero-order valence-electron chi connectivity index (χ0n) is 17.3. The van der Waals surface area contributed by atoms with Crippen LogP contribution in [0.1, 0.15) is 25.8 Å². The van der Waals surface area contributed by atoms with E-state index in [1.807, 2.05) is 25.1 Å². The minimum Gasteiger partial charge on any atom is -0.490 e. The van der Waals surface area contributed by atoms with Crippen LogP contribution in [0.25, 0.3) is 0 Å². The Morgan fingerprint density at radius 2 is 2.03 bits per heavy atom. The average molecular weight is 403 g/mol. The van der Waals surface area contributed by atoms with E-state index < -0.39 is 6.10 Å². The molecule has 1 heterocycles. The van der Waals surface area contributed by atoms with Crippen LogP contribution in [0, 0.1) is 0 Å². The third kappa shape index (κ3) is 6.70. The maximum absolute atomic E-state index is 12.0. The van der Waals surface area contributed by atoms with Crippen molar-refractivity contribution >= 4 is 17.6 Å². The molecule has 1 aromatic heterocycles. The summed E-state index contributed by atoms with van der Waals surface area (Å²) in [7, 11) is 3.38. The van der Waals surface area contributed by atoms with Crippen LogP contribution >= 0.6 is 0 Å². The summed E-state index contributed by atoms with van der Waals surface area (Å²) in [6.07, 6.45) is 1.42. The number of benzene rings is 1. The Labute approximate surface area is 170 Å². The summed E-state index contributed by atoms with van der Waals surface area (Å²) < 4.78 is 13.2. The lowest BCUT2D eigenvalue weighted by molar-refractivity contribution is -0.135. The minimum atomic E-state index is -0.613. The van der Waals surface area contributed by atoms with Gasteiger partial charge in [0.25, 0.3) is 5.91 Å². The lowest BCUT2D eigenvalue weighted by atomic mass is 10.2. The second-order valence-corrected chi connectivity index (χ2v) is 6.74. The quantitative estimate of drug-likeness (QED) is 0.590. The number of amides is 2. The maximum Gasteiger partial charge on any atom is 0.262 e. The molecule has 3 N–H and O–H groups in total. The predicted molar refractivity (Wildman–Crippen MR) is 110 cm³/mol. The number of carbonyl (C=O) groups is 2. The first kappa shape index (κ1) is 22.1. The number of ether oxygens (including phenoxy) is 2. The van der Waals surface area contributed by atoms with Crippen LogP contribution in [0.15, 0.2) is 30.5 Å². The molecule has 2 aromatic rings. The lowest BCUT2D eigenvalue weighted by Gasteiger charge is -2.20. The summed E-state index contributed by atoms with van der Waals surface area (Å²) >= 11 is 0. The molecule has 0 aliphatic carbocycles. The van der Waals surface area contributed by atoms with E-state index in [1.54, 1.807) is 38.0 Å². The number of nitrogens with one attached hydrogen (secondary N) is 1. The van der Waals surface area contributed by atoms with Crippen molar-refractivity contribution in [1.82, 2.24) is 14.7 Å².